The summed E-state index contributed by atoms with van der Waals surface area (Å²) in [6, 6.07) is 17.6. The number of likely N-dealkylation sites (tertiary alicyclic amines) is 1. The third-order valence-electron chi connectivity index (χ3n) is 5.73. The van der Waals surface area contributed by atoms with Gasteiger partial charge in [0.2, 0.25) is 11.8 Å². The summed E-state index contributed by atoms with van der Waals surface area (Å²) in [5, 5.41) is 15.0. The lowest BCUT2D eigenvalue weighted by atomic mass is 10.1. The maximum absolute atomic E-state index is 12.5. The number of aromatic nitrogens is 3. The second-order valence-electron chi connectivity index (χ2n) is 8.18. The number of hydrogen-bond donors (Lipinski definition) is 2. The molecule has 3 aromatic rings. The largest absolute Gasteiger partial charge is 0.346 e. The molecule has 178 valence electrons. The van der Waals surface area contributed by atoms with Crippen LogP contribution in [0, 0.1) is 0 Å². The van der Waals surface area contributed by atoms with Crippen LogP contribution >= 0.6 is 11.8 Å². The predicted octanol–water partition coefficient (Wildman–Crippen LogP) is 3.27. The summed E-state index contributed by atoms with van der Waals surface area (Å²) in [4.78, 5) is 27.1. The van der Waals surface area contributed by atoms with E-state index in [4.69, 9.17) is 0 Å². The molecule has 0 unspecified atom stereocenters. The van der Waals surface area contributed by atoms with Gasteiger partial charge < -0.3 is 10.6 Å². The molecule has 0 radical (unpaired) electrons. The summed E-state index contributed by atoms with van der Waals surface area (Å²) in [7, 11) is 0. The van der Waals surface area contributed by atoms with Crippen molar-refractivity contribution < 1.29 is 9.59 Å². The molecule has 1 aromatic heterocycles. The van der Waals surface area contributed by atoms with Crippen LogP contribution in [0.1, 0.15) is 31.2 Å². The van der Waals surface area contributed by atoms with Gasteiger partial charge in [-0.15, -0.1) is 10.2 Å². The van der Waals surface area contributed by atoms with E-state index in [1.54, 1.807) is 0 Å². The summed E-state index contributed by atoms with van der Waals surface area (Å²) in [5.41, 5.74) is 2.81. The third kappa shape index (κ3) is 6.24. The van der Waals surface area contributed by atoms with Gasteiger partial charge in [0.1, 0.15) is 0 Å². The van der Waals surface area contributed by atoms with Crippen molar-refractivity contribution in [3.63, 3.8) is 0 Å². The van der Waals surface area contributed by atoms with Gasteiger partial charge in [0.25, 0.3) is 0 Å². The Kier molecular flexibility index (Phi) is 8.32. The zero-order valence-corrected chi connectivity index (χ0v) is 20.2. The minimum absolute atomic E-state index is 0.0803. The Morgan fingerprint density at radius 2 is 1.71 bits per heavy atom. The van der Waals surface area contributed by atoms with Crippen molar-refractivity contribution in [2.75, 3.05) is 30.7 Å². The van der Waals surface area contributed by atoms with Gasteiger partial charge in [-0.2, -0.15) is 0 Å². The molecule has 0 spiro atoms. The zero-order chi connectivity index (χ0) is 23.8. The fourth-order valence-corrected chi connectivity index (χ4v) is 4.78. The van der Waals surface area contributed by atoms with Gasteiger partial charge in [-0.25, -0.2) is 0 Å². The number of carbonyl (C=O) groups excluding carboxylic acids is 2. The van der Waals surface area contributed by atoms with Crippen molar-refractivity contribution in [3.8, 4) is 5.69 Å². The maximum atomic E-state index is 12.5. The maximum Gasteiger partial charge on any atom is 0.243 e. The van der Waals surface area contributed by atoms with Crippen molar-refractivity contribution in [2.45, 2.75) is 37.9 Å². The minimum atomic E-state index is -0.250. The van der Waals surface area contributed by atoms with Gasteiger partial charge in [0.05, 0.1) is 18.8 Å². The van der Waals surface area contributed by atoms with Gasteiger partial charge in [-0.05, 0) is 56.1 Å². The fraction of sp³-hybridized carbons (Fsp3) is 0.360. The zero-order valence-electron chi connectivity index (χ0n) is 19.4. The van der Waals surface area contributed by atoms with Crippen molar-refractivity contribution in [1.29, 1.82) is 0 Å². The number of aryl methyl sites for hydroxylation is 1. The topological polar surface area (TPSA) is 92.2 Å². The Bertz CT molecular complexity index is 1110. The smallest absolute Gasteiger partial charge is 0.243 e. The molecule has 0 bridgehead atoms. The first-order chi connectivity index (χ1) is 16.6. The standard InChI is InChI=1S/C25H30N6O2S/c1-2-19-10-6-7-13-21(19)27-23(32)16-26-24(33)18-34-25-29-28-22(17-30-14-8-9-15-30)31(25)20-11-4-3-5-12-20/h3-7,10-13H,2,8-9,14-18H2,1H3,(H,26,33)(H,27,32). The summed E-state index contributed by atoms with van der Waals surface area (Å²) < 4.78 is 2.02. The van der Waals surface area contributed by atoms with Crippen LogP contribution in [0.2, 0.25) is 0 Å². The summed E-state index contributed by atoms with van der Waals surface area (Å²) in [6.45, 7) is 4.82. The normalized spacial score (nSPS) is 13.7. The molecule has 1 fully saturated rings. The Hall–Kier alpha value is -3.17. The molecule has 2 aromatic carbocycles. The SMILES string of the molecule is CCc1ccccc1NC(=O)CNC(=O)CSc1nnc(CN2CCCC2)n1-c1ccccc1. The second-order valence-corrected chi connectivity index (χ2v) is 9.12. The first-order valence-electron chi connectivity index (χ1n) is 11.6. The second kappa shape index (κ2) is 11.8. The Morgan fingerprint density at radius 1 is 0.971 bits per heavy atom. The third-order valence-corrected chi connectivity index (χ3v) is 6.66. The van der Waals surface area contributed by atoms with E-state index >= 15 is 0 Å². The molecule has 2 N–H and O–H groups in total. The van der Waals surface area contributed by atoms with Gasteiger partial charge in [-0.3, -0.25) is 19.1 Å². The first-order valence-corrected chi connectivity index (χ1v) is 12.6. The Balaban J connectivity index is 1.34. The summed E-state index contributed by atoms with van der Waals surface area (Å²) >= 11 is 1.32. The Labute approximate surface area is 204 Å². The molecule has 1 saturated heterocycles. The number of para-hydroxylation sites is 2. The van der Waals surface area contributed by atoms with E-state index in [0.717, 1.165) is 48.8 Å². The molecule has 2 amide bonds. The number of benzene rings is 2. The number of hydrogen-bond acceptors (Lipinski definition) is 6. The van der Waals surface area contributed by atoms with E-state index in [9.17, 15) is 9.59 Å². The van der Waals surface area contributed by atoms with Crippen molar-refractivity contribution in [2.24, 2.45) is 0 Å². The van der Waals surface area contributed by atoms with E-state index in [1.165, 1.54) is 24.6 Å². The molecule has 0 saturated carbocycles. The number of carbonyl (C=O) groups is 2. The predicted molar refractivity (Wildman–Crippen MR) is 134 cm³/mol. The van der Waals surface area contributed by atoms with E-state index in [1.807, 2.05) is 66.1 Å². The van der Waals surface area contributed by atoms with Gasteiger partial charge >= 0.3 is 0 Å². The van der Waals surface area contributed by atoms with Crippen LogP contribution in [0.15, 0.2) is 59.8 Å². The number of thioether (sulfide) groups is 1. The average Bonchev–Trinajstić information content (AvgIpc) is 3.52. The number of rotatable bonds is 10. The van der Waals surface area contributed by atoms with Gasteiger partial charge in [-0.1, -0.05) is 55.1 Å². The highest BCUT2D eigenvalue weighted by molar-refractivity contribution is 7.99. The van der Waals surface area contributed by atoms with Crippen LogP contribution in [-0.4, -0.2) is 56.9 Å². The lowest BCUT2D eigenvalue weighted by molar-refractivity contribution is -0.122. The number of anilines is 1. The lowest BCUT2D eigenvalue weighted by Crippen LogP contribution is -2.34. The first kappa shape index (κ1) is 24.0. The molecule has 4 rings (SSSR count). The van der Waals surface area contributed by atoms with Crippen LogP contribution < -0.4 is 10.6 Å². The van der Waals surface area contributed by atoms with E-state index < -0.39 is 0 Å². The molecule has 8 nitrogen and oxygen atoms in total. The molecule has 1 aliphatic heterocycles. The summed E-state index contributed by atoms with van der Waals surface area (Å²) in [5.74, 6) is 0.533. The fourth-order valence-electron chi connectivity index (χ4n) is 3.98. The molecule has 2 heterocycles. The van der Waals surface area contributed by atoms with Crippen LogP contribution in [0.3, 0.4) is 0 Å². The quantitative estimate of drug-likeness (QED) is 0.435. The van der Waals surface area contributed by atoms with Crippen molar-refractivity contribution in [1.82, 2.24) is 25.0 Å². The van der Waals surface area contributed by atoms with Crippen LogP contribution in [-0.2, 0) is 22.6 Å². The van der Waals surface area contributed by atoms with E-state index in [-0.39, 0.29) is 24.1 Å². The minimum Gasteiger partial charge on any atom is -0.346 e. The Morgan fingerprint density at radius 3 is 2.47 bits per heavy atom. The lowest BCUT2D eigenvalue weighted by Gasteiger charge is -2.16. The van der Waals surface area contributed by atoms with Crippen molar-refractivity contribution in [3.05, 3.63) is 66.0 Å². The van der Waals surface area contributed by atoms with Crippen molar-refractivity contribution >= 4 is 29.3 Å². The molecular weight excluding hydrogens is 448 g/mol. The molecule has 1 aliphatic rings. The van der Waals surface area contributed by atoms with Crippen LogP contribution in [0.25, 0.3) is 5.69 Å². The molecule has 0 aliphatic carbocycles. The molecule has 34 heavy (non-hydrogen) atoms. The number of nitrogens with one attached hydrogen (secondary N) is 2. The van der Waals surface area contributed by atoms with Gasteiger partial charge in [0, 0.05) is 11.4 Å². The van der Waals surface area contributed by atoms with Gasteiger partial charge in [0.15, 0.2) is 11.0 Å². The monoisotopic (exact) mass is 478 g/mol. The highest BCUT2D eigenvalue weighted by atomic mass is 32.2. The van der Waals surface area contributed by atoms with Crippen LogP contribution in [0.5, 0.6) is 0 Å². The van der Waals surface area contributed by atoms with Crippen LogP contribution in [0.4, 0.5) is 5.69 Å². The highest BCUT2D eigenvalue weighted by Gasteiger charge is 2.20. The number of nitrogens with zero attached hydrogens (tertiary/aromatic N) is 4. The molecule has 9 heteroatoms. The molecule has 0 atom stereocenters. The number of amides is 2. The molecular formula is C25H30N6O2S. The average molecular weight is 479 g/mol. The van der Waals surface area contributed by atoms with E-state index in [0.29, 0.717) is 5.16 Å². The van der Waals surface area contributed by atoms with E-state index in [2.05, 4.69) is 25.7 Å². The summed E-state index contributed by atoms with van der Waals surface area (Å²) in [6.07, 6.45) is 3.24. The highest BCUT2D eigenvalue weighted by Crippen LogP contribution is 2.23.